The number of carbonyl (C=O) groups excluding carboxylic acids is 2. The molecule has 2 amide bonds. The number of benzene rings is 1. The Bertz CT molecular complexity index is 502. The van der Waals surface area contributed by atoms with Crippen molar-refractivity contribution in [1.82, 2.24) is 4.90 Å². The average Bonchev–Trinajstić information content (AvgIpc) is 2.52. The number of thiocarbonyl (C=S) groups is 1. The molecule has 1 heterocycles. The Hall–Kier alpha value is -1.75. The van der Waals surface area contributed by atoms with Crippen molar-refractivity contribution in [3.05, 3.63) is 35.4 Å². The highest BCUT2D eigenvalue weighted by Crippen LogP contribution is 2.29. The second-order valence-corrected chi connectivity index (χ2v) is 4.85. The van der Waals surface area contributed by atoms with Gasteiger partial charge in [-0.05, 0) is 26.0 Å². The van der Waals surface area contributed by atoms with Gasteiger partial charge in [-0.1, -0.05) is 24.4 Å². The minimum atomic E-state index is -0.956. The number of nitrogens with two attached hydrogens (primary N) is 1. The Labute approximate surface area is 104 Å². The van der Waals surface area contributed by atoms with Gasteiger partial charge >= 0.3 is 0 Å². The number of amides is 2. The van der Waals surface area contributed by atoms with Gasteiger partial charge in [-0.3, -0.25) is 14.5 Å². The Morgan fingerprint density at radius 2 is 1.59 bits per heavy atom. The van der Waals surface area contributed by atoms with Crippen LogP contribution in [0.25, 0.3) is 0 Å². The van der Waals surface area contributed by atoms with Crippen LogP contribution in [-0.4, -0.2) is 27.2 Å². The Morgan fingerprint density at radius 3 is 1.94 bits per heavy atom. The van der Waals surface area contributed by atoms with Gasteiger partial charge in [0.2, 0.25) is 0 Å². The van der Waals surface area contributed by atoms with Crippen molar-refractivity contribution in [2.24, 2.45) is 5.73 Å². The van der Waals surface area contributed by atoms with E-state index < -0.39 is 5.54 Å². The first-order valence-corrected chi connectivity index (χ1v) is 5.56. The van der Waals surface area contributed by atoms with Crippen LogP contribution in [-0.2, 0) is 0 Å². The summed E-state index contributed by atoms with van der Waals surface area (Å²) in [4.78, 5) is 25.5. The molecule has 0 atom stereocenters. The van der Waals surface area contributed by atoms with Crippen molar-refractivity contribution in [2.45, 2.75) is 19.4 Å². The molecule has 5 heteroatoms. The molecule has 1 aromatic rings. The van der Waals surface area contributed by atoms with Gasteiger partial charge in [0, 0.05) is 0 Å². The lowest BCUT2D eigenvalue weighted by Gasteiger charge is -2.32. The van der Waals surface area contributed by atoms with E-state index in [2.05, 4.69) is 0 Å². The van der Waals surface area contributed by atoms with Gasteiger partial charge < -0.3 is 5.73 Å². The average molecular weight is 248 g/mol. The monoisotopic (exact) mass is 248 g/mol. The molecule has 17 heavy (non-hydrogen) atoms. The van der Waals surface area contributed by atoms with Crippen LogP contribution in [0.3, 0.4) is 0 Å². The zero-order valence-corrected chi connectivity index (χ0v) is 10.4. The molecule has 0 radical (unpaired) electrons. The van der Waals surface area contributed by atoms with Crippen LogP contribution in [0, 0.1) is 0 Å². The smallest absolute Gasteiger partial charge is 0.262 e. The van der Waals surface area contributed by atoms with Crippen LogP contribution in [0.2, 0.25) is 0 Å². The first-order chi connectivity index (χ1) is 7.87. The highest BCUT2D eigenvalue weighted by molar-refractivity contribution is 7.80. The van der Waals surface area contributed by atoms with Crippen molar-refractivity contribution in [1.29, 1.82) is 0 Å². The van der Waals surface area contributed by atoms with Gasteiger partial charge in [-0.15, -0.1) is 0 Å². The maximum Gasteiger partial charge on any atom is 0.262 e. The van der Waals surface area contributed by atoms with E-state index in [4.69, 9.17) is 18.0 Å². The highest BCUT2D eigenvalue weighted by atomic mass is 32.1. The predicted octanol–water partition coefficient (Wildman–Crippen LogP) is 1.35. The van der Waals surface area contributed by atoms with Gasteiger partial charge in [0.25, 0.3) is 11.8 Å². The van der Waals surface area contributed by atoms with E-state index in [1.54, 1.807) is 38.1 Å². The van der Waals surface area contributed by atoms with Gasteiger partial charge in [-0.2, -0.15) is 0 Å². The molecular weight excluding hydrogens is 236 g/mol. The summed E-state index contributed by atoms with van der Waals surface area (Å²) >= 11 is 4.92. The molecule has 0 bridgehead atoms. The standard InChI is InChI=1S/C12H12N2O2S/c1-12(2,11(13)17)14-9(15)7-5-3-4-6-8(7)10(14)16/h3-6H,1-2H3,(H2,13,17). The molecule has 1 aromatic carbocycles. The molecule has 0 aromatic heterocycles. The number of hydrogen-bond donors (Lipinski definition) is 1. The van der Waals surface area contributed by atoms with Crippen LogP contribution in [0.4, 0.5) is 0 Å². The molecule has 0 saturated carbocycles. The highest BCUT2D eigenvalue weighted by Gasteiger charge is 2.45. The molecule has 0 unspecified atom stereocenters. The molecule has 1 aliphatic rings. The third kappa shape index (κ3) is 1.54. The van der Waals surface area contributed by atoms with Crippen molar-refractivity contribution in [3.8, 4) is 0 Å². The van der Waals surface area contributed by atoms with E-state index in [-0.39, 0.29) is 16.8 Å². The minimum absolute atomic E-state index is 0.118. The number of imide groups is 1. The van der Waals surface area contributed by atoms with Crippen LogP contribution in [0.1, 0.15) is 34.6 Å². The second kappa shape index (κ2) is 3.63. The third-order valence-corrected chi connectivity index (χ3v) is 3.46. The number of nitrogens with zero attached hydrogens (tertiary/aromatic N) is 1. The molecule has 2 N–H and O–H groups in total. The quantitative estimate of drug-likeness (QED) is 0.634. The zero-order valence-electron chi connectivity index (χ0n) is 9.56. The zero-order chi connectivity index (χ0) is 12.8. The van der Waals surface area contributed by atoms with Crippen molar-refractivity contribution in [3.63, 3.8) is 0 Å². The molecule has 2 rings (SSSR count). The molecule has 0 saturated heterocycles. The largest absolute Gasteiger partial charge is 0.391 e. The fourth-order valence-electron chi connectivity index (χ4n) is 1.81. The van der Waals surface area contributed by atoms with Crippen molar-refractivity contribution in [2.75, 3.05) is 0 Å². The van der Waals surface area contributed by atoms with Crippen LogP contribution in [0.15, 0.2) is 24.3 Å². The van der Waals surface area contributed by atoms with Gasteiger partial charge in [0.1, 0.15) is 0 Å². The Kier molecular flexibility index (Phi) is 2.50. The summed E-state index contributed by atoms with van der Waals surface area (Å²) in [7, 11) is 0. The molecule has 0 fully saturated rings. The van der Waals surface area contributed by atoms with Crippen LogP contribution < -0.4 is 5.73 Å². The topological polar surface area (TPSA) is 63.4 Å². The summed E-state index contributed by atoms with van der Waals surface area (Å²) in [6.07, 6.45) is 0. The lowest BCUT2D eigenvalue weighted by molar-refractivity contribution is 0.0562. The fraction of sp³-hybridized carbons (Fsp3) is 0.250. The minimum Gasteiger partial charge on any atom is -0.391 e. The number of rotatable bonds is 2. The number of carbonyl (C=O) groups is 2. The lowest BCUT2D eigenvalue weighted by atomic mass is 10.0. The summed E-state index contributed by atoms with van der Waals surface area (Å²) in [5, 5.41) is 0. The SMILES string of the molecule is CC(C)(C(N)=S)N1C(=O)c2ccccc2C1=O. The first kappa shape index (κ1) is 11.7. The number of hydrogen-bond acceptors (Lipinski definition) is 3. The van der Waals surface area contributed by atoms with Crippen molar-refractivity contribution < 1.29 is 9.59 Å². The maximum absolute atomic E-state index is 12.1. The van der Waals surface area contributed by atoms with Crippen LogP contribution in [0.5, 0.6) is 0 Å². The predicted molar refractivity (Wildman–Crippen MR) is 67.8 cm³/mol. The van der Waals surface area contributed by atoms with Gasteiger partial charge in [-0.25, -0.2) is 0 Å². The van der Waals surface area contributed by atoms with E-state index in [1.165, 1.54) is 0 Å². The first-order valence-electron chi connectivity index (χ1n) is 5.15. The molecule has 1 aliphatic heterocycles. The summed E-state index contributed by atoms with van der Waals surface area (Å²) in [6, 6.07) is 6.71. The van der Waals surface area contributed by atoms with E-state index in [0.717, 1.165) is 4.90 Å². The van der Waals surface area contributed by atoms with Gasteiger partial charge in [0.15, 0.2) is 0 Å². The van der Waals surface area contributed by atoms with Crippen LogP contribution >= 0.6 is 12.2 Å². The maximum atomic E-state index is 12.1. The Balaban J connectivity index is 2.54. The molecule has 0 aliphatic carbocycles. The summed E-state index contributed by atoms with van der Waals surface area (Å²) < 4.78 is 0. The second-order valence-electron chi connectivity index (χ2n) is 4.41. The molecular formula is C12H12N2O2S. The van der Waals surface area contributed by atoms with Crippen molar-refractivity contribution >= 4 is 29.0 Å². The molecule has 0 spiro atoms. The van der Waals surface area contributed by atoms with E-state index in [1.807, 2.05) is 0 Å². The fourth-order valence-corrected chi connectivity index (χ4v) is 1.90. The Morgan fingerprint density at radius 1 is 1.18 bits per heavy atom. The molecule has 4 nitrogen and oxygen atoms in total. The summed E-state index contributed by atoms with van der Waals surface area (Å²) in [5.74, 6) is -0.688. The summed E-state index contributed by atoms with van der Waals surface area (Å²) in [5.41, 5.74) is 5.45. The van der Waals surface area contributed by atoms with E-state index in [9.17, 15) is 9.59 Å². The molecule has 88 valence electrons. The van der Waals surface area contributed by atoms with Gasteiger partial charge in [0.05, 0.1) is 21.7 Å². The van der Waals surface area contributed by atoms with E-state index >= 15 is 0 Å². The lowest BCUT2D eigenvalue weighted by Crippen LogP contribution is -2.54. The van der Waals surface area contributed by atoms with E-state index in [0.29, 0.717) is 11.1 Å². The normalized spacial score (nSPS) is 15.1. The third-order valence-electron chi connectivity index (χ3n) is 2.96. The summed E-state index contributed by atoms with van der Waals surface area (Å²) in [6.45, 7) is 3.33. The number of fused-ring (bicyclic) bond motifs is 1.